The predicted molar refractivity (Wildman–Crippen MR) is 54.6 cm³/mol. The van der Waals surface area contributed by atoms with Crippen LogP contribution in [0.2, 0.25) is 0 Å². The predicted octanol–water partition coefficient (Wildman–Crippen LogP) is 1.51. The van der Waals surface area contributed by atoms with Crippen molar-refractivity contribution >= 4 is 0 Å². The number of nitrogens with one attached hydrogen (secondary N) is 1. The minimum Gasteiger partial charge on any atom is -0.367 e. The highest BCUT2D eigenvalue weighted by molar-refractivity contribution is 4.50. The highest BCUT2D eigenvalue weighted by Crippen LogP contribution is 1.96. The maximum absolute atomic E-state index is 9.17. The summed E-state index contributed by atoms with van der Waals surface area (Å²) >= 11 is 0. The summed E-state index contributed by atoms with van der Waals surface area (Å²) in [5.74, 6) is 0. The molecule has 0 spiro atoms. The van der Waals surface area contributed by atoms with Gasteiger partial charge in [-0.1, -0.05) is 26.2 Å². The molecule has 0 saturated heterocycles. The molecule has 1 unspecified atom stereocenters. The van der Waals surface area contributed by atoms with E-state index >= 15 is 0 Å². The molecule has 0 amide bonds. The van der Waals surface area contributed by atoms with Crippen molar-refractivity contribution in [1.82, 2.24) is 5.32 Å². The number of aliphatic hydroxyl groups excluding tert-OH is 1. The number of rotatable bonds is 9. The van der Waals surface area contributed by atoms with Gasteiger partial charge in [-0.25, -0.2) is 0 Å². The molecule has 1 atom stereocenters. The zero-order valence-corrected chi connectivity index (χ0v) is 8.88. The first-order chi connectivity index (χ1) is 6.31. The molecule has 3 nitrogen and oxygen atoms in total. The first kappa shape index (κ1) is 12.9. The average Bonchev–Trinajstić information content (AvgIpc) is 2.11. The minimum absolute atomic E-state index is 0.542. The standard InChI is InChI=1S/C10H23NO2/c1-3-5-6-7-8-11-9-10(12)13-4-2/h10-12H,3-9H2,1-2H3. The average molecular weight is 189 g/mol. The Morgan fingerprint density at radius 2 is 2.00 bits per heavy atom. The second-order valence-corrected chi connectivity index (χ2v) is 3.17. The molecule has 0 rings (SSSR count). The van der Waals surface area contributed by atoms with E-state index < -0.39 is 6.29 Å². The van der Waals surface area contributed by atoms with E-state index in [4.69, 9.17) is 9.84 Å². The molecule has 2 N–H and O–H groups in total. The lowest BCUT2D eigenvalue weighted by Crippen LogP contribution is -2.29. The van der Waals surface area contributed by atoms with E-state index in [1.807, 2.05) is 6.92 Å². The first-order valence-electron chi connectivity index (χ1n) is 5.31. The summed E-state index contributed by atoms with van der Waals surface area (Å²) in [6.45, 7) is 6.17. The quantitative estimate of drug-likeness (QED) is 0.427. The maximum atomic E-state index is 9.17. The summed E-state index contributed by atoms with van der Waals surface area (Å²) in [7, 11) is 0. The van der Waals surface area contributed by atoms with Gasteiger partial charge in [0.2, 0.25) is 0 Å². The van der Waals surface area contributed by atoms with Gasteiger partial charge in [0.1, 0.15) is 0 Å². The third kappa shape index (κ3) is 9.80. The highest BCUT2D eigenvalue weighted by atomic mass is 16.6. The SMILES string of the molecule is CCCCCCNCC(O)OCC. The second-order valence-electron chi connectivity index (χ2n) is 3.17. The fourth-order valence-corrected chi connectivity index (χ4v) is 1.15. The van der Waals surface area contributed by atoms with Crippen LogP contribution in [0.1, 0.15) is 39.5 Å². The molecule has 0 aliphatic rings. The third-order valence-corrected chi connectivity index (χ3v) is 1.89. The molecular weight excluding hydrogens is 166 g/mol. The Morgan fingerprint density at radius 3 is 2.62 bits per heavy atom. The second kappa shape index (κ2) is 9.96. The van der Waals surface area contributed by atoms with Crippen LogP contribution in [-0.4, -0.2) is 31.1 Å². The van der Waals surface area contributed by atoms with E-state index in [2.05, 4.69) is 12.2 Å². The van der Waals surface area contributed by atoms with Gasteiger partial charge in [0, 0.05) is 13.2 Å². The van der Waals surface area contributed by atoms with Crippen molar-refractivity contribution in [2.45, 2.75) is 45.8 Å². The van der Waals surface area contributed by atoms with Gasteiger partial charge in [0.15, 0.2) is 6.29 Å². The van der Waals surface area contributed by atoms with E-state index in [0.29, 0.717) is 13.2 Å². The Hall–Kier alpha value is -0.120. The van der Waals surface area contributed by atoms with Gasteiger partial charge in [0.05, 0.1) is 0 Å². The molecule has 0 aromatic rings. The van der Waals surface area contributed by atoms with Gasteiger partial charge in [-0.3, -0.25) is 0 Å². The molecule has 13 heavy (non-hydrogen) atoms. The van der Waals surface area contributed by atoms with Gasteiger partial charge in [-0.05, 0) is 19.9 Å². The van der Waals surface area contributed by atoms with Gasteiger partial charge in [-0.2, -0.15) is 0 Å². The van der Waals surface area contributed by atoms with E-state index in [1.165, 1.54) is 25.7 Å². The largest absolute Gasteiger partial charge is 0.367 e. The van der Waals surface area contributed by atoms with Crippen molar-refractivity contribution in [3.05, 3.63) is 0 Å². The molecule has 0 bridgehead atoms. The van der Waals surface area contributed by atoms with Crippen LogP contribution in [0, 0.1) is 0 Å². The zero-order chi connectivity index (χ0) is 9.94. The van der Waals surface area contributed by atoms with E-state index in [0.717, 1.165) is 6.54 Å². The van der Waals surface area contributed by atoms with Crippen LogP contribution < -0.4 is 5.32 Å². The lowest BCUT2D eigenvalue weighted by molar-refractivity contribution is -0.0912. The van der Waals surface area contributed by atoms with Gasteiger partial charge in [-0.15, -0.1) is 0 Å². The molecule has 0 aliphatic carbocycles. The molecule has 0 heterocycles. The summed E-state index contributed by atoms with van der Waals surface area (Å²) in [6.07, 6.45) is 4.38. The van der Waals surface area contributed by atoms with Crippen molar-refractivity contribution in [3.8, 4) is 0 Å². The maximum Gasteiger partial charge on any atom is 0.167 e. The normalized spacial score (nSPS) is 13.2. The van der Waals surface area contributed by atoms with Crippen molar-refractivity contribution in [2.75, 3.05) is 19.7 Å². The number of ether oxygens (including phenoxy) is 1. The molecule has 0 aliphatic heterocycles. The Morgan fingerprint density at radius 1 is 1.23 bits per heavy atom. The van der Waals surface area contributed by atoms with Crippen LogP contribution in [0.25, 0.3) is 0 Å². The summed E-state index contributed by atoms with van der Waals surface area (Å²) in [5, 5.41) is 12.3. The molecule has 0 radical (unpaired) electrons. The fraction of sp³-hybridized carbons (Fsp3) is 1.00. The van der Waals surface area contributed by atoms with E-state index in [-0.39, 0.29) is 0 Å². The molecule has 0 aromatic carbocycles. The lowest BCUT2D eigenvalue weighted by atomic mass is 10.2. The number of hydrogen-bond acceptors (Lipinski definition) is 3. The van der Waals surface area contributed by atoms with Crippen molar-refractivity contribution < 1.29 is 9.84 Å². The molecule has 0 aromatic heterocycles. The number of unbranched alkanes of at least 4 members (excludes halogenated alkanes) is 3. The van der Waals surface area contributed by atoms with Gasteiger partial charge >= 0.3 is 0 Å². The lowest BCUT2D eigenvalue weighted by Gasteiger charge is -2.11. The van der Waals surface area contributed by atoms with Gasteiger partial charge in [0.25, 0.3) is 0 Å². The van der Waals surface area contributed by atoms with Crippen molar-refractivity contribution in [1.29, 1.82) is 0 Å². The van der Waals surface area contributed by atoms with Crippen LogP contribution in [0.5, 0.6) is 0 Å². The molecule has 0 fully saturated rings. The van der Waals surface area contributed by atoms with Crippen LogP contribution in [0.15, 0.2) is 0 Å². The smallest absolute Gasteiger partial charge is 0.167 e. The monoisotopic (exact) mass is 189 g/mol. The Bertz CT molecular complexity index is 98.9. The topological polar surface area (TPSA) is 41.5 Å². The Labute approximate surface area is 81.5 Å². The first-order valence-corrected chi connectivity index (χ1v) is 5.31. The minimum atomic E-state index is -0.642. The summed E-state index contributed by atoms with van der Waals surface area (Å²) < 4.78 is 4.96. The van der Waals surface area contributed by atoms with Crippen LogP contribution in [-0.2, 0) is 4.74 Å². The molecule has 80 valence electrons. The highest BCUT2D eigenvalue weighted by Gasteiger charge is 1.99. The van der Waals surface area contributed by atoms with Crippen molar-refractivity contribution in [3.63, 3.8) is 0 Å². The number of hydrogen-bond donors (Lipinski definition) is 2. The van der Waals surface area contributed by atoms with E-state index in [1.54, 1.807) is 0 Å². The molecule has 0 saturated carbocycles. The summed E-state index contributed by atoms with van der Waals surface area (Å²) in [4.78, 5) is 0. The third-order valence-electron chi connectivity index (χ3n) is 1.89. The van der Waals surface area contributed by atoms with Crippen molar-refractivity contribution in [2.24, 2.45) is 0 Å². The fourth-order valence-electron chi connectivity index (χ4n) is 1.15. The van der Waals surface area contributed by atoms with Gasteiger partial charge < -0.3 is 15.2 Å². The van der Waals surface area contributed by atoms with Crippen LogP contribution in [0.4, 0.5) is 0 Å². The van der Waals surface area contributed by atoms with E-state index in [9.17, 15) is 0 Å². The van der Waals surface area contributed by atoms with Crippen LogP contribution in [0.3, 0.4) is 0 Å². The Balaban J connectivity index is 2.97. The summed E-state index contributed by atoms with van der Waals surface area (Å²) in [6, 6.07) is 0. The number of aliphatic hydroxyl groups is 1. The molecular formula is C10H23NO2. The zero-order valence-electron chi connectivity index (χ0n) is 8.88. The van der Waals surface area contributed by atoms with Crippen LogP contribution >= 0.6 is 0 Å². The Kier molecular flexibility index (Phi) is 9.87. The summed E-state index contributed by atoms with van der Waals surface area (Å²) in [5.41, 5.74) is 0. The molecule has 3 heteroatoms.